The summed E-state index contributed by atoms with van der Waals surface area (Å²) in [7, 11) is -4.16. The molecule has 1 N–H and O–H groups in total. The van der Waals surface area contributed by atoms with E-state index in [2.05, 4.69) is 10.5 Å². The molecular formula is C21H16Cl2N4O5S. The minimum absolute atomic E-state index is 0.0532. The molecule has 3 aromatic carbocycles. The third-order valence-corrected chi connectivity index (χ3v) is 6.80. The summed E-state index contributed by atoms with van der Waals surface area (Å²) in [6.45, 7) is -0.636. The van der Waals surface area contributed by atoms with Crippen LogP contribution in [0, 0.1) is 10.1 Å². The number of hydrogen-bond acceptors (Lipinski definition) is 6. The number of carbonyl (C=O) groups excluding carboxylic acids is 1. The summed E-state index contributed by atoms with van der Waals surface area (Å²) < 4.78 is 27.3. The highest BCUT2D eigenvalue weighted by atomic mass is 35.5. The van der Waals surface area contributed by atoms with Gasteiger partial charge in [0.1, 0.15) is 6.54 Å². The van der Waals surface area contributed by atoms with Gasteiger partial charge in [-0.2, -0.15) is 5.10 Å². The van der Waals surface area contributed by atoms with Gasteiger partial charge in [0.05, 0.1) is 31.8 Å². The molecule has 0 saturated heterocycles. The Morgan fingerprint density at radius 2 is 1.61 bits per heavy atom. The number of benzene rings is 3. The normalized spacial score (nSPS) is 11.3. The first-order valence-electron chi connectivity index (χ1n) is 9.28. The first kappa shape index (κ1) is 24.2. The lowest BCUT2D eigenvalue weighted by molar-refractivity contribution is -0.384. The van der Waals surface area contributed by atoms with Crippen LogP contribution in [0.25, 0.3) is 0 Å². The second kappa shape index (κ2) is 10.4. The van der Waals surface area contributed by atoms with E-state index in [-0.39, 0.29) is 16.3 Å². The van der Waals surface area contributed by atoms with E-state index in [0.29, 0.717) is 15.6 Å². The van der Waals surface area contributed by atoms with Crippen molar-refractivity contribution >= 4 is 56.7 Å². The third-order valence-electron chi connectivity index (χ3n) is 4.35. The quantitative estimate of drug-likeness (QED) is 0.278. The van der Waals surface area contributed by atoms with Crippen molar-refractivity contribution in [3.63, 3.8) is 0 Å². The van der Waals surface area contributed by atoms with E-state index >= 15 is 0 Å². The number of nitro benzene ring substituents is 1. The molecule has 0 spiro atoms. The molecule has 33 heavy (non-hydrogen) atoms. The molecule has 3 aromatic rings. The molecule has 0 aliphatic carbocycles. The van der Waals surface area contributed by atoms with Crippen molar-refractivity contribution < 1.29 is 18.1 Å². The summed E-state index contributed by atoms with van der Waals surface area (Å²) in [6, 6.07) is 17.1. The highest BCUT2D eigenvalue weighted by Gasteiger charge is 2.27. The number of non-ortho nitro benzene ring substituents is 1. The maximum atomic E-state index is 13.2. The standard InChI is InChI=1S/C21H16Cl2N4O5S/c22-19-7-4-8-20(23)18(19)13-24-25-21(28)14-26(15-9-11-16(12-10-15)27(29)30)33(31,32)17-5-2-1-3-6-17/h1-13H,14H2,(H,25,28)/b24-13+. The lowest BCUT2D eigenvalue weighted by Crippen LogP contribution is -2.39. The summed E-state index contributed by atoms with van der Waals surface area (Å²) in [5.41, 5.74) is 2.46. The largest absolute Gasteiger partial charge is 0.271 e. The average Bonchev–Trinajstić information content (AvgIpc) is 2.80. The van der Waals surface area contributed by atoms with Crippen molar-refractivity contribution in [1.82, 2.24) is 5.43 Å². The monoisotopic (exact) mass is 506 g/mol. The molecule has 0 aromatic heterocycles. The molecule has 0 unspecified atom stereocenters. The van der Waals surface area contributed by atoms with Crippen molar-refractivity contribution in [3.05, 3.63) is 98.5 Å². The van der Waals surface area contributed by atoms with Crippen molar-refractivity contribution in [3.8, 4) is 0 Å². The summed E-state index contributed by atoms with van der Waals surface area (Å²) in [4.78, 5) is 22.8. The van der Waals surface area contributed by atoms with Gasteiger partial charge in [0.15, 0.2) is 0 Å². The first-order valence-corrected chi connectivity index (χ1v) is 11.5. The molecule has 0 atom stereocenters. The van der Waals surface area contributed by atoms with Gasteiger partial charge in [-0.15, -0.1) is 0 Å². The zero-order chi connectivity index (χ0) is 24.0. The molecule has 12 heteroatoms. The van der Waals surface area contributed by atoms with Gasteiger partial charge in [0.25, 0.3) is 21.6 Å². The van der Waals surface area contributed by atoms with Crippen LogP contribution in [0.1, 0.15) is 5.56 Å². The molecule has 1 amide bonds. The van der Waals surface area contributed by atoms with Crippen molar-refractivity contribution in [2.24, 2.45) is 5.10 Å². The molecule has 9 nitrogen and oxygen atoms in total. The van der Waals surface area contributed by atoms with Crippen LogP contribution in [0.2, 0.25) is 10.0 Å². The number of carbonyl (C=O) groups is 1. The maximum Gasteiger partial charge on any atom is 0.269 e. The summed E-state index contributed by atoms with van der Waals surface area (Å²) in [6.07, 6.45) is 1.24. The Morgan fingerprint density at radius 3 is 2.18 bits per heavy atom. The van der Waals surface area contributed by atoms with Crippen molar-refractivity contribution in [2.75, 3.05) is 10.8 Å². The topological polar surface area (TPSA) is 122 Å². The van der Waals surface area contributed by atoms with E-state index in [1.807, 2.05) is 0 Å². The lowest BCUT2D eigenvalue weighted by Gasteiger charge is -2.23. The summed E-state index contributed by atoms with van der Waals surface area (Å²) in [5.74, 6) is -0.757. The highest BCUT2D eigenvalue weighted by Crippen LogP contribution is 2.26. The molecule has 0 radical (unpaired) electrons. The molecule has 0 aliphatic heterocycles. The number of hydrogen-bond donors (Lipinski definition) is 1. The molecule has 0 aliphatic rings. The van der Waals surface area contributed by atoms with E-state index in [4.69, 9.17) is 23.2 Å². The Balaban J connectivity index is 1.87. The Labute approximate surface area is 199 Å². The second-order valence-electron chi connectivity index (χ2n) is 6.53. The van der Waals surface area contributed by atoms with Gasteiger partial charge in [-0.05, 0) is 36.4 Å². The second-order valence-corrected chi connectivity index (χ2v) is 9.20. The molecule has 0 bridgehead atoms. The van der Waals surface area contributed by atoms with E-state index in [1.54, 1.807) is 36.4 Å². The Morgan fingerprint density at radius 1 is 1.00 bits per heavy atom. The maximum absolute atomic E-state index is 13.2. The number of anilines is 1. The van der Waals surface area contributed by atoms with Crippen LogP contribution in [0.15, 0.2) is 82.8 Å². The first-order chi connectivity index (χ1) is 15.7. The number of rotatable bonds is 8. The smallest absolute Gasteiger partial charge is 0.269 e. The number of sulfonamides is 1. The van der Waals surface area contributed by atoms with Gasteiger partial charge in [-0.3, -0.25) is 19.2 Å². The fourth-order valence-corrected chi connectivity index (χ4v) is 4.68. The van der Waals surface area contributed by atoms with Gasteiger partial charge >= 0.3 is 0 Å². The van der Waals surface area contributed by atoms with E-state index in [9.17, 15) is 23.3 Å². The van der Waals surface area contributed by atoms with Gasteiger partial charge in [0, 0.05) is 17.7 Å². The van der Waals surface area contributed by atoms with Gasteiger partial charge in [0.2, 0.25) is 0 Å². The van der Waals surface area contributed by atoms with Gasteiger partial charge in [-0.25, -0.2) is 13.8 Å². The van der Waals surface area contributed by atoms with Crippen molar-refractivity contribution in [1.29, 1.82) is 0 Å². The molecule has 0 saturated carbocycles. The summed E-state index contributed by atoms with van der Waals surface area (Å²) in [5, 5.41) is 15.4. The van der Waals surface area contributed by atoms with Crippen LogP contribution in [-0.4, -0.2) is 32.0 Å². The van der Waals surface area contributed by atoms with Gasteiger partial charge in [-0.1, -0.05) is 47.5 Å². The number of amides is 1. The van der Waals surface area contributed by atoms with Crippen LogP contribution in [0.5, 0.6) is 0 Å². The van der Waals surface area contributed by atoms with E-state index in [0.717, 1.165) is 16.4 Å². The number of nitro groups is 1. The predicted octanol–water partition coefficient (Wildman–Crippen LogP) is 4.25. The number of nitrogens with zero attached hydrogens (tertiary/aromatic N) is 3. The minimum Gasteiger partial charge on any atom is -0.271 e. The number of hydrazone groups is 1. The van der Waals surface area contributed by atoms with Crippen LogP contribution in [0.4, 0.5) is 11.4 Å². The Hall–Kier alpha value is -3.47. The molecule has 170 valence electrons. The summed E-state index contributed by atoms with van der Waals surface area (Å²) >= 11 is 12.1. The van der Waals surface area contributed by atoms with E-state index in [1.165, 1.54) is 30.5 Å². The molecule has 0 fully saturated rings. The van der Waals surface area contributed by atoms with Crippen LogP contribution in [-0.2, 0) is 14.8 Å². The van der Waals surface area contributed by atoms with Crippen LogP contribution < -0.4 is 9.73 Å². The zero-order valence-corrected chi connectivity index (χ0v) is 19.1. The highest BCUT2D eigenvalue weighted by molar-refractivity contribution is 7.92. The minimum atomic E-state index is -4.16. The Bertz CT molecular complexity index is 1280. The molecule has 0 heterocycles. The Kier molecular flexibility index (Phi) is 7.64. The van der Waals surface area contributed by atoms with Crippen LogP contribution in [0.3, 0.4) is 0 Å². The fraction of sp³-hybridized carbons (Fsp3) is 0.0476. The van der Waals surface area contributed by atoms with Crippen molar-refractivity contribution in [2.45, 2.75) is 4.90 Å². The zero-order valence-electron chi connectivity index (χ0n) is 16.8. The lowest BCUT2D eigenvalue weighted by atomic mass is 10.2. The molecular weight excluding hydrogens is 491 g/mol. The number of nitrogens with one attached hydrogen (secondary N) is 1. The van der Waals surface area contributed by atoms with E-state index < -0.39 is 27.4 Å². The average molecular weight is 507 g/mol. The predicted molar refractivity (Wildman–Crippen MR) is 126 cm³/mol. The number of halogens is 2. The molecule has 3 rings (SSSR count). The third kappa shape index (κ3) is 5.86. The fourth-order valence-electron chi connectivity index (χ4n) is 2.74. The van der Waals surface area contributed by atoms with Crippen LogP contribution >= 0.6 is 23.2 Å². The SMILES string of the molecule is O=C(CN(c1ccc([N+](=O)[O-])cc1)S(=O)(=O)c1ccccc1)N/N=C/c1c(Cl)cccc1Cl. The van der Waals surface area contributed by atoms with Gasteiger partial charge < -0.3 is 0 Å².